The number of thiol groups is 1. The van der Waals surface area contributed by atoms with Crippen molar-refractivity contribution in [3.63, 3.8) is 0 Å². The second-order valence-corrected chi connectivity index (χ2v) is 6.08. The van der Waals surface area contributed by atoms with Gasteiger partial charge in [0, 0.05) is 28.4 Å². The van der Waals surface area contributed by atoms with Crippen LogP contribution >= 0.6 is 36.2 Å². The van der Waals surface area contributed by atoms with Crippen molar-refractivity contribution in [1.82, 2.24) is 4.98 Å². The highest BCUT2D eigenvalue weighted by atomic mass is 32.2. The largest absolute Gasteiger partial charge is 0.417 e. The van der Waals surface area contributed by atoms with Gasteiger partial charge in [-0.3, -0.25) is 0 Å². The van der Waals surface area contributed by atoms with Crippen LogP contribution < -0.4 is 0 Å². The molecule has 0 aromatic carbocycles. The maximum atomic E-state index is 12.4. The van der Waals surface area contributed by atoms with Gasteiger partial charge in [-0.15, -0.1) is 0 Å². The zero-order valence-electron chi connectivity index (χ0n) is 9.20. The van der Waals surface area contributed by atoms with Gasteiger partial charge in [-0.05, 0) is 17.7 Å². The molecule has 1 aliphatic heterocycles. The van der Waals surface area contributed by atoms with E-state index in [1.807, 2.05) is 0 Å². The fourth-order valence-corrected chi connectivity index (χ4v) is 4.35. The van der Waals surface area contributed by atoms with E-state index in [4.69, 9.17) is 0 Å². The van der Waals surface area contributed by atoms with Crippen LogP contribution in [0.25, 0.3) is 0 Å². The molecular formula is C11H10F3NS3. The highest BCUT2D eigenvalue weighted by Gasteiger charge is 2.30. The molecule has 0 saturated heterocycles. The van der Waals surface area contributed by atoms with Crippen molar-refractivity contribution in [2.45, 2.75) is 11.2 Å². The van der Waals surface area contributed by atoms with E-state index in [1.54, 1.807) is 11.8 Å². The van der Waals surface area contributed by atoms with E-state index in [1.165, 1.54) is 28.3 Å². The van der Waals surface area contributed by atoms with Crippen molar-refractivity contribution in [3.8, 4) is 0 Å². The van der Waals surface area contributed by atoms with Crippen molar-refractivity contribution in [2.24, 2.45) is 0 Å². The van der Waals surface area contributed by atoms with Gasteiger partial charge in [-0.25, -0.2) is 4.98 Å². The minimum absolute atomic E-state index is 0.597. The Hall–Kier alpha value is -0.270. The topological polar surface area (TPSA) is 12.9 Å². The molecule has 0 N–H and O–H groups in total. The van der Waals surface area contributed by atoms with Gasteiger partial charge >= 0.3 is 6.18 Å². The Bertz CT molecular complexity index is 454. The van der Waals surface area contributed by atoms with Crippen LogP contribution in [0.15, 0.2) is 33.8 Å². The van der Waals surface area contributed by atoms with Crippen LogP contribution in [0.5, 0.6) is 0 Å². The van der Waals surface area contributed by atoms with Gasteiger partial charge in [-0.2, -0.15) is 37.6 Å². The average molecular weight is 309 g/mol. The zero-order valence-corrected chi connectivity index (χ0v) is 11.7. The number of rotatable bonds is 3. The molecule has 2 rings (SSSR count). The lowest BCUT2D eigenvalue weighted by molar-refractivity contribution is -0.137. The molecule has 0 amide bonds. The summed E-state index contributed by atoms with van der Waals surface area (Å²) in [5, 5.41) is 0.597. The van der Waals surface area contributed by atoms with Gasteiger partial charge in [0.1, 0.15) is 5.03 Å². The second-order valence-electron chi connectivity index (χ2n) is 3.66. The Morgan fingerprint density at radius 2 is 2.11 bits per heavy atom. The van der Waals surface area contributed by atoms with E-state index in [0.717, 1.165) is 23.8 Å². The quantitative estimate of drug-likeness (QED) is 0.844. The first kappa shape index (κ1) is 14.1. The van der Waals surface area contributed by atoms with Gasteiger partial charge in [0.05, 0.1) is 5.56 Å². The van der Waals surface area contributed by atoms with Gasteiger partial charge in [0.15, 0.2) is 0 Å². The molecule has 7 heteroatoms. The van der Waals surface area contributed by atoms with E-state index in [9.17, 15) is 13.2 Å². The maximum absolute atomic E-state index is 12.4. The van der Waals surface area contributed by atoms with Crippen LogP contribution in [0.1, 0.15) is 5.56 Å². The summed E-state index contributed by atoms with van der Waals surface area (Å²) in [6, 6.07) is 2.48. The maximum Gasteiger partial charge on any atom is 0.417 e. The predicted molar refractivity (Wildman–Crippen MR) is 73.3 cm³/mol. The van der Waals surface area contributed by atoms with Crippen molar-refractivity contribution >= 4 is 36.2 Å². The first-order valence-corrected chi connectivity index (χ1v) is 7.71. The summed E-state index contributed by atoms with van der Waals surface area (Å²) < 4.78 is 37.1. The molecule has 18 heavy (non-hydrogen) atoms. The normalized spacial score (nSPS) is 16.4. The molecule has 0 unspecified atom stereocenters. The van der Waals surface area contributed by atoms with Crippen LogP contribution in [0.4, 0.5) is 13.2 Å². The SMILES string of the molecule is FC(F)(F)c1ccc(SC2=C(CS)CSC2)nc1. The summed E-state index contributed by atoms with van der Waals surface area (Å²) >= 11 is 7.47. The number of thioether (sulfide) groups is 2. The summed E-state index contributed by atoms with van der Waals surface area (Å²) in [4.78, 5) is 5.02. The third kappa shape index (κ3) is 3.39. The molecular weight excluding hydrogens is 299 g/mol. The molecule has 1 aromatic rings. The number of alkyl halides is 3. The van der Waals surface area contributed by atoms with Crippen molar-refractivity contribution in [1.29, 1.82) is 0 Å². The number of nitrogens with zero attached hydrogens (tertiary/aromatic N) is 1. The summed E-state index contributed by atoms with van der Waals surface area (Å²) in [7, 11) is 0. The molecule has 1 nitrogen and oxygen atoms in total. The molecule has 0 atom stereocenters. The van der Waals surface area contributed by atoms with Crippen LogP contribution in [-0.4, -0.2) is 22.2 Å². The number of hydrogen-bond acceptors (Lipinski definition) is 4. The van der Waals surface area contributed by atoms with Crippen molar-refractivity contribution < 1.29 is 13.2 Å². The predicted octanol–water partition coefficient (Wildman–Crippen LogP) is 4.12. The molecule has 2 heterocycles. The van der Waals surface area contributed by atoms with E-state index in [-0.39, 0.29) is 0 Å². The standard InChI is InChI=1S/C11H10F3NS3/c12-11(13,14)8-1-2-10(15-3-8)18-9-6-17-5-7(9)4-16/h1-3,16H,4-6H2. The van der Waals surface area contributed by atoms with Gasteiger partial charge < -0.3 is 0 Å². The van der Waals surface area contributed by atoms with E-state index in [0.29, 0.717) is 10.8 Å². The molecule has 0 spiro atoms. The molecule has 1 aliphatic rings. The van der Waals surface area contributed by atoms with Gasteiger partial charge in [-0.1, -0.05) is 11.8 Å². The van der Waals surface area contributed by atoms with Crippen molar-refractivity contribution in [3.05, 3.63) is 34.4 Å². The minimum atomic E-state index is -4.32. The Morgan fingerprint density at radius 1 is 1.33 bits per heavy atom. The smallest absolute Gasteiger partial charge is 0.249 e. The average Bonchev–Trinajstić information content (AvgIpc) is 2.76. The molecule has 0 fully saturated rings. The second kappa shape index (κ2) is 5.79. The van der Waals surface area contributed by atoms with E-state index < -0.39 is 11.7 Å². The molecule has 98 valence electrons. The van der Waals surface area contributed by atoms with Crippen LogP contribution in [0.3, 0.4) is 0 Å². The van der Waals surface area contributed by atoms with Crippen LogP contribution in [0.2, 0.25) is 0 Å². The Morgan fingerprint density at radius 3 is 2.67 bits per heavy atom. The number of aromatic nitrogens is 1. The third-order valence-electron chi connectivity index (χ3n) is 2.39. The third-order valence-corrected chi connectivity index (χ3v) is 5.13. The number of pyridine rings is 1. The minimum Gasteiger partial charge on any atom is -0.249 e. The first-order valence-electron chi connectivity index (χ1n) is 5.11. The van der Waals surface area contributed by atoms with Crippen LogP contribution in [0, 0.1) is 0 Å². The molecule has 0 radical (unpaired) electrons. The van der Waals surface area contributed by atoms with Gasteiger partial charge in [0.25, 0.3) is 0 Å². The van der Waals surface area contributed by atoms with E-state index in [2.05, 4.69) is 17.6 Å². The van der Waals surface area contributed by atoms with Crippen molar-refractivity contribution in [2.75, 3.05) is 17.3 Å². The first-order chi connectivity index (χ1) is 8.50. The van der Waals surface area contributed by atoms with Gasteiger partial charge in [0.2, 0.25) is 0 Å². The molecule has 0 saturated carbocycles. The lowest BCUT2D eigenvalue weighted by Gasteiger charge is -2.07. The fraction of sp³-hybridized carbons (Fsp3) is 0.364. The molecule has 0 bridgehead atoms. The fourth-order valence-electron chi connectivity index (χ4n) is 1.42. The summed E-state index contributed by atoms with van der Waals surface area (Å²) in [6.07, 6.45) is -3.44. The summed E-state index contributed by atoms with van der Waals surface area (Å²) in [6.45, 7) is 0. The lowest BCUT2D eigenvalue weighted by atomic mass is 10.3. The highest BCUT2D eigenvalue weighted by Crippen LogP contribution is 2.37. The van der Waals surface area contributed by atoms with E-state index >= 15 is 0 Å². The monoisotopic (exact) mass is 309 g/mol. The Labute approximate surface area is 117 Å². The number of halogens is 3. The summed E-state index contributed by atoms with van der Waals surface area (Å²) in [5.74, 6) is 2.53. The molecule has 1 aromatic heterocycles. The lowest BCUT2D eigenvalue weighted by Crippen LogP contribution is -2.05. The zero-order chi connectivity index (χ0) is 13.2. The number of hydrogen-bond donors (Lipinski definition) is 1. The highest BCUT2D eigenvalue weighted by molar-refractivity contribution is 8.06. The Kier molecular flexibility index (Phi) is 4.55. The Balaban J connectivity index is 2.12. The molecule has 0 aliphatic carbocycles. The summed E-state index contributed by atoms with van der Waals surface area (Å²) in [5.41, 5.74) is 0.533. The van der Waals surface area contributed by atoms with Crippen LogP contribution in [-0.2, 0) is 6.18 Å².